The summed E-state index contributed by atoms with van der Waals surface area (Å²) >= 11 is 0. The summed E-state index contributed by atoms with van der Waals surface area (Å²) in [4.78, 5) is 3.88. The maximum atomic E-state index is 12.2. The van der Waals surface area contributed by atoms with Gasteiger partial charge in [-0.3, -0.25) is 9.80 Å². The van der Waals surface area contributed by atoms with Gasteiger partial charge in [-0.2, -0.15) is 13.2 Å². The van der Waals surface area contributed by atoms with E-state index < -0.39 is 12.7 Å². The molecule has 0 saturated carbocycles. The van der Waals surface area contributed by atoms with Crippen molar-refractivity contribution in [2.75, 3.05) is 19.6 Å². The molecule has 3 fully saturated rings. The van der Waals surface area contributed by atoms with Gasteiger partial charge in [-0.15, -0.1) is 0 Å². The van der Waals surface area contributed by atoms with Crippen LogP contribution >= 0.6 is 0 Å². The Labute approximate surface area is 88.0 Å². The molecule has 0 N–H and O–H groups in total. The van der Waals surface area contributed by atoms with Crippen molar-refractivity contribution >= 4 is 0 Å². The molecule has 0 amide bonds. The van der Waals surface area contributed by atoms with Gasteiger partial charge in [0.05, 0.1) is 6.54 Å². The van der Waals surface area contributed by atoms with Crippen molar-refractivity contribution in [3.63, 3.8) is 0 Å². The summed E-state index contributed by atoms with van der Waals surface area (Å²) in [5.41, 5.74) is 0. The van der Waals surface area contributed by atoms with E-state index in [0.717, 1.165) is 19.5 Å². The molecule has 3 rings (SSSR count). The highest BCUT2D eigenvalue weighted by Gasteiger charge is 2.48. The van der Waals surface area contributed by atoms with E-state index in [4.69, 9.17) is 0 Å². The van der Waals surface area contributed by atoms with Gasteiger partial charge in [0.1, 0.15) is 0 Å². The SMILES string of the molecule is CC(C)N1CC2CC(C1)N2CC(F)(F)F. The van der Waals surface area contributed by atoms with Gasteiger partial charge in [-0.25, -0.2) is 0 Å². The largest absolute Gasteiger partial charge is 0.401 e. The quantitative estimate of drug-likeness (QED) is 0.702. The van der Waals surface area contributed by atoms with Gasteiger partial charge in [0, 0.05) is 31.2 Å². The van der Waals surface area contributed by atoms with Crippen LogP contribution in [0.4, 0.5) is 13.2 Å². The van der Waals surface area contributed by atoms with Crippen LogP contribution in [0.15, 0.2) is 0 Å². The Balaban J connectivity index is 1.89. The van der Waals surface area contributed by atoms with Gasteiger partial charge in [-0.1, -0.05) is 0 Å². The molecule has 15 heavy (non-hydrogen) atoms. The van der Waals surface area contributed by atoms with Crippen LogP contribution in [0.2, 0.25) is 0 Å². The molecule has 3 aliphatic heterocycles. The fraction of sp³-hybridized carbons (Fsp3) is 1.00. The number of rotatable bonds is 2. The fourth-order valence-electron chi connectivity index (χ4n) is 2.61. The average molecular weight is 222 g/mol. The Morgan fingerprint density at radius 1 is 1.20 bits per heavy atom. The van der Waals surface area contributed by atoms with E-state index >= 15 is 0 Å². The first-order valence-electron chi connectivity index (χ1n) is 5.43. The minimum atomic E-state index is -4.04. The van der Waals surface area contributed by atoms with E-state index in [1.165, 1.54) is 0 Å². The van der Waals surface area contributed by atoms with Crippen molar-refractivity contribution in [1.29, 1.82) is 0 Å². The summed E-state index contributed by atoms with van der Waals surface area (Å²) in [7, 11) is 0. The summed E-state index contributed by atoms with van der Waals surface area (Å²) < 4.78 is 36.7. The Hall–Kier alpha value is -0.290. The smallest absolute Gasteiger partial charge is 0.298 e. The monoisotopic (exact) mass is 222 g/mol. The van der Waals surface area contributed by atoms with E-state index in [2.05, 4.69) is 18.7 Å². The summed E-state index contributed by atoms with van der Waals surface area (Å²) in [6, 6.07) is 0.712. The summed E-state index contributed by atoms with van der Waals surface area (Å²) in [6.45, 7) is 5.06. The first-order valence-corrected chi connectivity index (χ1v) is 5.43. The third kappa shape index (κ3) is 2.28. The molecule has 5 heteroatoms. The molecule has 2 bridgehead atoms. The van der Waals surface area contributed by atoms with E-state index in [1.54, 1.807) is 4.90 Å². The second-order valence-electron chi connectivity index (χ2n) is 4.88. The van der Waals surface area contributed by atoms with Gasteiger partial charge in [0.15, 0.2) is 0 Å². The molecule has 3 aliphatic rings. The lowest BCUT2D eigenvalue weighted by molar-refractivity contribution is -0.189. The highest BCUT2D eigenvalue weighted by atomic mass is 19.4. The number of nitrogens with zero attached hydrogens (tertiary/aromatic N) is 2. The van der Waals surface area contributed by atoms with E-state index in [0.29, 0.717) is 6.04 Å². The van der Waals surface area contributed by atoms with Crippen molar-refractivity contribution in [3.05, 3.63) is 0 Å². The van der Waals surface area contributed by atoms with Crippen molar-refractivity contribution in [2.24, 2.45) is 0 Å². The third-order valence-corrected chi connectivity index (χ3v) is 3.46. The van der Waals surface area contributed by atoms with Crippen LogP contribution in [0.1, 0.15) is 20.3 Å². The first-order chi connectivity index (χ1) is 6.87. The van der Waals surface area contributed by atoms with E-state index in [9.17, 15) is 13.2 Å². The Kier molecular flexibility index (Phi) is 2.71. The molecule has 0 spiro atoms. The second-order valence-corrected chi connectivity index (χ2v) is 4.88. The lowest BCUT2D eigenvalue weighted by Gasteiger charge is -2.57. The summed E-state index contributed by atoms with van der Waals surface area (Å²) in [5.74, 6) is 0. The molecule has 3 saturated heterocycles. The molecule has 0 aromatic heterocycles. The first kappa shape index (κ1) is 11.2. The normalized spacial score (nSPS) is 33.2. The number of piperazine rings is 1. The van der Waals surface area contributed by atoms with Crippen LogP contribution in [0, 0.1) is 0 Å². The number of hydrogen-bond donors (Lipinski definition) is 0. The molecular weight excluding hydrogens is 205 g/mol. The van der Waals surface area contributed by atoms with Crippen molar-refractivity contribution in [3.8, 4) is 0 Å². The van der Waals surface area contributed by atoms with Crippen molar-refractivity contribution in [1.82, 2.24) is 9.80 Å². The second kappa shape index (κ2) is 3.63. The molecule has 0 radical (unpaired) electrons. The zero-order chi connectivity index (χ0) is 11.2. The number of piperidine rings is 1. The Bertz CT molecular complexity index is 227. The van der Waals surface area contributed by atoms with Gasteiger partial charge in [-0.05, 0) is 20.3 Å². The zero-order valence-electron chi connectivity index (χ0n) is 9.09. The molecule has 88 valence electrons. The molecule has 2 nitrogen and oxygen atoms in total. The molecular formula is C10H17F3N2. The summed E-state index contributed by atoms with van der Waals surface area (Å²) in [5, 5.41) is 0. The maximum absolute atomic E-state index is 12.2. The van der Waals surface area contributed by atoms with Gasteiger partial charge in [0.2, 0.25) is 0 Å². The lowest BCUT2D eigenvalue weighted by Crippen LogP contribution is -2.70. The van der Waals surface area contributed by atoms with Gasteiger partial charge >= 0.3 is 6.18 Å². The van der Waals surface area contributed by atoms with Crippen LogP contribution in [-0.2, 0) is 0 Å². The van der Waals surface area contributed by atoms with Crippen LogP contribution in [0.5, 0.6) is 0 Å². The maximum Gasteiger partial charge on any atom is 0.401 e. The lowest BCUT2D eigenvalue weighted by atomic mass is 9.87. The third-order valence-electron chi connectivity index (χ3n) is 3.46. The molecule has 2 atom stereocenters. The van der Waals surface area contributed by atoms with E-state index in [1.807, 2.05) is 0 Å². The predicted octanol–water partition coefficient (Wildman–Crippen LogP) is 1.72. The highest BCUT2D eigenvalue weighted by Crippen LogP contribution is 2.35. The molecule has 3 heterocycles. The van der Waals surface area contributed by atoms with Gasteiger partial charge in [0.25, 0.3) is 0 Å². The molecule has 2 unspecified atom stereocenters. The van der Waals surface area contributed by atoms with Crippen LogP contribution in [-0.4, -0.2) is 53.7 Å². The Morgan fingerprint density at radius 3 is 2.13 bits per heavy atom. The minimum absolute atomic E-state index is 0.132. The van der Waals surface area contributed by atoms with Crippen molar-refractivity contribution in [2.45, 2.75) is 44.6 Å². The Morgan fingerprint density at radius 2 is 1.73 bits per heavy atom. The van der Waals surface area contributed by atoms with Crippen molar-refractivity contribution < 1.29 is 13.2 Å². The van der Waals surface area contributed by atoms with Crippen LogP contribution in [0.3, 0.4) is 0 Å². The standard InChI is InChI=1S/C10H17F3N2/c1-7(2)14-4-8-3-9(5-14)15(8)6-10(11,12)13/h7-9H,3-6H2,1-2H3. The average Bonchev–Trinajstić information content (AvgIpc) is 2.13. The van der Waals surface area contributed by atoms with Crippen LogP contribution < -0.4 is 0 Å². The zero-order valence-corrected chi connectivity index (χ0v) is 9.09. The molecule has 0 aromatic carbocycles. The number of alkyl halides is 3. The number of hydrogen-bond acceptors (Lipinski definition) is 2. The van der Waals surface area contributed by atoms with E-state index in [-0.39, 0.29) is 12.1 Å². The summed E-state index contributed by atoms with van der Waals surface area (Å²) in [6.07, 6.45) is -3.10. The topological polar surface area (TPSA) is 6.48 Å². The van der Waals surface area contributed by atoms with Gasteiger partial charge < -0.3 is 0 Å². The van der Waals surface area contributed by atoms with Crippen LogP contribution in [0.25, 0.3) is 0 Å². The highest BCUT2D eigenvalue weighted by molar-refractivity contribution is 5.01. The fourth-order valence-corrected chi connectivity index (χ4v) is 2.61. The molecule has 0 aliphatic carbocycles. The number of halogens is 3. The minimum Gasteiger partial charge on any atom is -0.298 e. The number of fused-ring (bicyclic) bond motifs is 2. The predicted molar refractivity (Wildman–Crippen MR) is 51.7 cm³/mol. The molecule has 0 aromatic rings.